The highest BCUT2D eigenvalue weighted by Crippen LogP contribution is 2.28. The second kappa shape index (κ2) is 6.60. The van der Waals surface area contributed by atoms with Crippen LogP contribution in [0.3, 0.4) is 0 Å². The van der Waals surface area contributed by atoms with Gasteiger partial charge in [0, 0.05) is 23.7 Å². The molecule has 0 saturated carbocycles. The van der Waals surface area contributed by atoms with E-state index in [0.717, 1.165) is 5.39 Å². The Morgan fingerprint density at radius 1 is 1.22 bits per heavy atom. The lowest BCUT2D eigenvalue weighted by Crippen LogP contribution is -2.18. The van der Waals surface area contributed by atoms with Gasteiger partial charge in [0.2, 0.25) is 5.82 Å². The second-order valence-electron chi connectivity index (χ2n) is 5.90. The minimum absolute atomic E-state index is 0.0456. The molecule has 4 rings (SSSR count). The number of fused-ring (bicyclic) bond motifs is 1. The highest BCUT2D eigenvalue weighted by Gasteiger charge is 2.14. The molecule has 0 unspecified atom stereocenters. The van der Waals surface area contributed by atoms with Gasteiger partial charge in [0.05, 0.1) is 0 Å². The van der Waals surface area contributed by atoms with Gasteiger partial charge in [-0.2, -0.15) is 5.10 Å². The first kappa shape index (κ1) is 16.8. The van der Waals surface area contributed by atoms with E-state index in [4.69, 9.17) is 0 Å². The van der Waals surface area contributed by atoms with Crippen LogP contribution in [0.15, 0.2) is 48.8 Å². The number of alkyl halides is 2. The number of nitrogens with zero attached hydrogens (tertiary/aromatic N) is 4. The topological polar surface area (TPSA) is 88.5 Å². The lowest BCUT2D eigenvalue weighted by atomic mass is 10.1. The van der Waals surface area contributed by atoms with Crippen molar-refractivity contribution in [2.45, 2.75) is 6.43 Å². The number of aryl methyl sites for hydroxylation is 1. The van der Waals surface area contributed by atoms with Crippen LogP contribution in [0.1, 0.15) is 22.6 Å². The molecule has 0 aliphatic rings. The molecular formula is C18H14F2N6O. The van der Waals surface area contributed by atoms with Crippen molar-refractivity contribution in [1.29, 1.82) is 0 Å². The molecular weight excluding hydrogens is 354 g/mol. The third kappa shape index (κ3) is 3.26. The standard InChI is InChI=1S/C18H14F2N6O/c1-26-17(21-9-22-26)18(27)25-14-6-5-12-8-13(23-16(12)24-14)10-3-2-4-11(7-10)15(19)20/h2-9,15H,1H3,(H2,23,24,25,27). The average molecular weight is 368 g/mol. The Morgan fingerprint density at radius 2 is 2.07 bits per heavy atom. The van der Waals surface area contributed by atoms with E-state index in [0.29, 0.717) is 22.7 Å². The second-order valence-corrected chi connectivity index (χ2v) is 5.90. The summed E-state index contributed by atoms with van der Waals surface area (Å²) in [5.74, 6) is 0.0661. The zero-order valence-corrected chi connectivity index (χ0v) is 14.1. The molecule has 0 aliphatic carbocycles. The number of hydrogen-bond donors (Lipinski definition) is 2. The number of benzene rings is 1. The summed E-state index contributed by atoms with van der Waals surface area (Å²) >= 11 is 0. The molecule has 1 amide bonds. The minimum Gasteiger partial charge on any atom is -0.339 e. The first-order chi connectivity index (χ1) is 13.0. The van der Waals surface area contributed by atoms with Gasteiger partial charge < -0.3 is 10.3 Å². The van der Waals surface area contributed by atoms with Crippen LogP contribution in [0.25, 0.3) is 22.3 Å². The molecule has 2 N–H and O–H groups in total. The van der Waals surface area contributed by atoms with Gasteiger partial charge in [-0.15, -0.1) is 0 Å². The number of carbonyl (C=O) groups excluding carboxylic acids is 1. The van der Waals surface area contributed by atoms with Gasteiger partial charge in [0.1, 0.15) is 17.8 Å². The number of aromatic amines is 1. The third-order valence-electron chi connectivity index (χ3n) is 4.09. The van der Waals surface area contributed by atoms with Crippen LogP contribution >= 0.6 is 0 Å². The highest BCUT2D eigenvalue weighted by molar-refractivity contribution is 6.01. The van der Waals surface area contributed by atoms with Gasteiger partial charge in [-0.25, -0.2) is 23.4 Å². The Morgan fingerprint density at radius 3 is 2.81 bits per heavy atom. The fourth-order valence-electron chi connectivity index (χ4n) is 2.75. The Kier molecular flexibility index (Phi) is 4.11. The van der Waals surface area contributed by atoms with E-state index in [9.17, 15) is 13.6 Å². The fraction of sp³-hybridized carbons (Fsp3) is 0.111. The number of pyridine rings is 1. The summed E-state index contributed by atoms with van der Waals surface area (Å²) in [5, 5.41) is 7.30. The number of amides is 1. The van der Waals surface area contributed by atoms with Gasteiger partial charge in [0.25, 0.3) is 12.3 Å². The quantitative estimate of drug-likeness (QED) is 0.577. The number of H-pyrrole nitrogens is 1. The van der Waals surface area contributed by atoms with Crippen LogP contribution in [0.2, 0.25) is 0 Å². The van der Waals surface area contributed by atoms with E-state index in [1.165, 1.54) is 23.1 Å². The van der Waals surface area contributed by atoms with Crippen LogP contribution in [0.5, 0.6) is 0 Å². The number of anilines is 1. The number of rotatable bonds is 4. The number of halogens is 2. The summed E-state index contributed by atoms with van der Waals surface area (Å²) in [6.45, 7) is 0. The number of nitrogens with one attached hydrogen (secondary N) is 2. The zero-order chi connectivity index (χ0) is 19.0. The summed E-state index contributed by atoms with van der Waals surface area (Å²) in [7, 11) is 1.61. The molecule has 9 heteroatoms. The Balaban J connectivity index is 1.63. The number of hydrogen-bond acceptors (Lipinski definition) is 4. The number of aromatic nitrogens is 5. The van der Waals surface area contributed by atoms with Gasteiger partial charge in [0.15, 0.2) is 0 Å². The molecule has 3 aromatic heterocycles. The van der Waals surface area contributed by atoms with Crippen LogP contribution in [-0.2, 0) is 7.05 Å². The van der Waals surface area contributed by atoms with Gasteiger partial charge in [-0.05, 0) is 29.8 Å². The van der Waals surface area contributed by atoms with Crippen LogP contribution in [0.4, 0.5) is 14.6 Å². The molecule has 136 valence electrons. The van der Waals surface area contributed by atoms with Crippen LogP contribution in [-0.4, -0.2) is 30.6 Å². The number of carbonyl (C=O) groups is 1. The molecule has 0 spiro atoms. The largest absolute Gasteiger partial charge is 0.339 e. The van der Waals surface area contributed by atoms with E-state index < -0.39 is 12.3 Å². The van der Waals surface area contributed by atoms with Crippen molar-refractivity contribution in [3.05, 3.63) is 60.2 Å². The molecule has 0 atom stereocenters. The van der Waals surface area contributed by atoms with Crippen molar-refractivity contribution < 1.29 is 13.6 Å². The van der Waals surface area contributed by atoms with Crippen molar-refractivity contribution in [1.82, 2.24) is 24.7 Å². The average Bonchev–Trinajstić information content (AvgIpc) is 3.27. The van der Waals surface area contributed by atoms with Crippen molar-refractivity contribution in [3.63, 3.8) is 0 Å². The Hall–Kier alpha value is -3.62. The van der Waals surface area contributed by atoms with Crippen molar-refractivity contribution in [2.75, 3.05) is 5.32 Å². The maximum Gasteiger partial charge on any atom is 0.294 e. The molecule has 7 nitrogen and oxygen atoms in total. The summed E-state index contributed by atoms with van der Waals surface area (Å²) < 4.78 is 27.2. The van der Waals surface area contributed by atoms with Crippen LogP contribution in [0, 0.1) is 0 Å². The van der Waals surface area contributed by atoms with Crippen molar-refractivity contribution >= 4 is 22.8 Å². The molecule has 0 radical (unpaired) electrons. The highest BCUT2D eigenvalue weighted by atomic mass is 19.3. The molecule has 27 heavy (non-hydrogen) atoms. The Labute approximate surface area is 152 Å². The summed E-state index contributed by atoms with van der Waals surface area (Å²) in [6, 6.07) is 11.4. The summed E-state index contributed by atoms with van der Waals surface area (Å²) in [5.41, 5.74) is 1.78. The molecule has 1 aromatic carbocycles. The van der Waals surface area contributed by atoms with E-state index >= 15 is 0 Å². The monoisotopic (exact) mass is 368 g/mol. The van der Waals surface area contributed by atoms with Gasteiger partial charge in [-0.1, -0.05) is 18.2 Å². The molecule has 3 heterocycles. The first-order valence-electron chi connectivity index (χ1n) is 8.05. The van der Waals surface area contributed by atoms with E-state index in [1.54, 1.807) is 31.3 Å². The van der Waals surface area contributed by atoms with Gasteiger partial charge >= 0.3 is 0 Å². The molecule has 4 aromatic rings. The fourth-order valence-corrected chi connectivity index (χ4v) is 2.75. The predicted molar refractivity (Wildman–Crippen MR) is 95.4 cm³/mol. The molecule has 0 bridgehead atoms. The summed E-state index contributed by atoms with van der Waals surface area (Å²) in [4.78, 5) is 23.6. The van der Waals surface area contributed by atoms with E-state index in [-0.39, 0.29) is 11.4 Å². The summed E-state index contributed by atoms with van der Waals surface area (Å²) in [6.07, 6.45) is -1.24. The molecule has 0 fully saturated rings. The normalized spacial score (nSPS) is 11.3. The predicted octanol–water partition coefficient (Wildman–Crippen LogP) is 3.55. The van der Waals surface area contributed by atoms with Crippen molar-refractivity contribution in [3.8, 4) is 11.3 Å². The van der Waals surface area contributed by atoms with Crippen LogP contribution < -0.4 is 5.32 Å². The molecule has 0 saturated heterocycles. The SMILES string of the molecule is Cn1ncnc1C(=O)Nc1ccc2cc(-c3cccc(C(F)F)c3)[nH]c2n1. The first-order valence-corrected chi connectivity index (χ1v) is 8.05. The maximum atomic E-state index is 12.9. The zero-order valence-electron chi connectivity index (χ0n) is 14.1. The smallest absolute Gasteiger partial charge is 0.294 e. The molecule has 0 aliphatic heterocycles. The lowest BCUT2D eigenvalue weighted by Gasteiger charge is -2.03. The van der Waals surface area contributed by atoms with E-state index in [1.807, 2.05) is 6.07 Å². The maximum absolute atomic E-state index is 12.9. The van der Waals surface area contributed by atoms with E-state index in [2.05, 4.69) is 25.4 Å². The minimum atomic E-state index is -2.53. The Bertz CT molecular complexity index is 1130. The van der Waals surface area contributed by atoms with Crippen molar-refractivity contribution in [2.24, 2.45) is 7.05 Å². The lowest BCUT2D eigenvalue weighted by molar-refractivity contribution is 0.101. The third-order valence-corrected chi connectivity index (χ3v) is 4.09. The van der Waals surface area contributed by atoms with Gasteiger partial charge in [-0.3, -0.25) is 4.79 Å².